The van der Waals surface area contributed by atoms with E-state index in [0.717, 1.165) is 10.9 Å². The monoisotopic (exact) mass is 325 g/mol. The first-order chi connectivity index (χ1) is 8.42. The molecule has 0 saturated heterocycles. The van der Waals surface area contributed by atoms with Crippen molar-refractivity contribution in [1.82, 2.24) is 5.32 Å². The maximum Gasteiger partial charge on any atom is 0.401 e. The van der Waals surface area contributed by atoms with Crippen molar-refractivity contribution in [2.24, 2.45) is 0 Å². The van der Waals surface area contributed by atoms with Gasteiger partial charge in [0.1, 0.15) is 5.75 Å². The number of rotatable bonds is 6. The molecule has 2 nitrogen and oxygen atoms in total. The van der Waals surface area contributed by atoms with Crippen LogP contribution in [0, 0.1) is 0 Å². The summed E-state index contributed by atoms with van der Waals surface area (Å²) in [7, 11) is 0. The Labute approximate surface area is 113 Å². The van der Waals surface area contributed by atoms with Crippen LogP contribution in [-0.4, -0.2) is 19.3 Å². The molecule has 0 amide bonds. The largest absolute Gasteiger partial charge is 0.493 e. The summed E-state index contributed by atoms with van der Waals surface area (Å²) in [5.74, 6) is 0.620. The number of hydrogen-bond acceptors (Lipinski definition) is 2. The van der Waals surface area contributed by atoms with Gasteiger partial charge in [0.15, 0.2) is 0 Å². The summed E-state index contributed by atoms with van der Waals surface area (Å²) in [6, 6.07) is 5.32. The lowest BCUT2D eigenvalue weighted by Crippen LogP contribution is -2.28. The number of alkyl halides is 3. The first-order valence-corrected chi connectivity index (χ1v) is 6.40. The average molecular weight is 326 g/mol. The van der Waals surface area contributed by atoms with Gasteiger partial charge in [-0.15, -0.1) is 0 Å². The molecule has 0 aromatic heterocycles. The molecule has 0 unspecified atom stereocenters. The zero-order valence-corrected chi connectivity index (χ0v) is 11.6. The highest BCUT2D eigenvalue weighted by Crippen LogP contribution is 2.23. The van der Waals surface area contributed by atoms with Gasteiger partial charge in [-0.1, -0.05) is 22.9 Å². The van der Waals surface area contributed by atoms with Crippen molar-refractivity contribution in [3.63, 3.8) is 0 Å². The van der Waals surface area contributed by atoms with Crippen LogP contribution in [0.1, 0.15) is 18.9 Å². The van der Waals surface area contributed by atoms with Crippen molar-refractivity contribution in [3.8, 4) is 5.75 Å². The van der Waals surface area contributed by atoms with E-state index in [9.17, 15) is 13.2 Å². The van der Waals surface area contributed by atoms with Gasteiger partial charge in [0.25, 0.3) is 0 Å². The van der Waals surface area contributed by atoms with Crippen molar-refractivity contribution in [3.05, 3.63) is 28.2 Å². The molecule has 6 heteroatoms. The van der Waals surface area contributed by atoms with Crippen LogP contribution >= 0.6 is 15.9 Å². The summed E-state index contributed by atoms with van der Waals surface area (Å²) < 4.78 is 42.4. The van der Waals surface area contributed by atoms with Crippen molar-refractivity contribution in [2.75, 3.05) is 13.2 Å². The Balaban J connectivity index is 2.64. The Hall–Kier alpha value is -0.750. The smallest absolute Gasteiger partial charge is 0.401 e. The van der Waals surface area contributed by atoms with Crippen molar-refractivity contribution in [2.45, 2.75) is 26.1 Å². The molecule has 18 heavy (non-hydrogen) atoms. The predicted molar refractivity (Wildman–Crippen MR) is 67.7 cm³/mol. The topological polar surface area (TPSA) is 21.3 Å². The van der Waals surface area contributed by atoms with E-state index in [0.29, 0.717) is 17.9 Å². The Morgan fingerprint density at radius 1 is 1.33 bits per heavy atom. The summed E-state index contributed by atoms with van der Waals surface area (Å²) in [4.78, 5) is 0. The molecule has 0 atom stereocenters. The van der Waals surface area contributed by atoms with Gasteiger partial charge < -0.3 is 10.1 Å². The molecule has 0 spiro atoms. The van der Waals surface area contributed by atoms with Crippen LogP contribution in [0.3, 0.4) is 0 Å². The zero-order valence-electron chi connectivity index (χ0n) is 9.98. The maximum atomic E-state index is 12.0. The molecule has 102 valence electrons. The second-order valence-electron chi connectivity index (χ2n) is 3.82. The maximum absolute atomic E-state index is 12.0. The van der Waals surface area contributed by atoms with E-state index >= 15 is 0 Å². The number of nitrogens with one attached hydrogen (secondary N) is 1. The Bertz CT molecular complexity index is 382. The number of halogens is 4. The molecule has 1 N–H and O–H groups in total. The van der Waals surface area contributed by atoms with E-state index in [1.807, 2.05) is 6.92 Å². The highest BCUT2D eigenvalue weighted by Gasteiger charge is 2.26. The zero-order chi connectivity index (χ0) is 13.6. The summed E-state index contributed by atoms with van der Waals surface area (Å²) in [6.07, 6.45) is -3.35. The van der Waals surface area contributed by atoms with Gasteiger partial charge in [-0.3, -0.25) is 0 Å². The van der Waals surface area contributed by atoms with E-state index in [-0.39, 0.29) is 6.54 Å². The SMILES string of the molecule is CCCOc1ccc(Br)cc1CNCC(F)(F)F. The summed E-state index contributed by atoms with van der Waals surface area (Å²) in [5.41, 5.74) is 0.710. The summed E-state index contributed by atoms with van der Waals surface area (Å²) in [6.45, 7) is 1.64. The third-order valence-corrected chi connectivity index (χ3v) is 2.62. The van der Waals surface area contributed by atoms with Crippen molar-refractivity contribution >= 4 is 15.9 Å². The lowest BCUT2D eigenvalue weighted by Gasteiger charge is -2.13. The van der Waals surface area contributed by atoms with Gasteiger partial charge >= 0.3 is 6.18 Å². The normalized spacial score (nSPS) is 11.6. The standard InChI is InChI=1S/C12H15BrF3NO/c1-2-5-18-11-4-3-10(13)6-9(11)7-17-8-12(14,15)16/h3-4,6,17H,2,5,7-8H2,1H3. The quantitative estimate of drug-likeness (QED) is 0.856. The molecule has 0 fully saturated rings. The van der Waals surface area contributed by atoms with Crippen LogP contribution in [0.5, 0.6) is 5.75 Å². The molecule has 0 aliphatic carbocycles. The number of hydrogen-bond donors (Lipinski definition) is 1. The molecule has 0 aliphatic heterocycles. The molecule has 0 saturated carbocycles. The Kier molecular flexibility index (Phi) is 5.95. The fraction of sp³-hybridized carbons (Fsp3) is 0.500. The van der Waals surface area contributed by atoms with Gasteiger partial charge in [-0.2, -0.15) is 13.2 Å². The Morgan fingerprint density at radius 3 is 2.67 bits per heavy atom. The van der Waals surface area contributed by atoms with Crippen molar-refractivity contribution in [1.29, 1.82) is 0 Å². The van der Waals surface area contributed by atoms with E-state index in [1.165, 1.54) is 0 Å². The lowest BCUT2D eigenvalue weighted by atomic mass is 10.2. The third kappa shape index (κ3) is 5.73. The van der Waals surface area contributed by atoms with Gasteiger partial charge in [-0.05, 0) is 24.6 Å². The molecule has 1 aromatic carbocycles. The predicted octanol–water partition coefficient (Wildman–Crippen LogP) is 3.89. The number of benzene rings is 1. The molecule has 1 aromatic rings. The van der Waals surface area contributed by atoms with Gasteiger partial charge in [0.05, 0.1) is 13.2 Å². The summed E-state index contributed by atoms with van der Waals surface area (Å²) >= 11 is 3.29. The molecule has 0 radical (unpaired) electrons. The summed E-state index contributed by atoms with van der Waals surface area (Å²) in [5, 5.41) is 2.36. The lowest BCUT2D eigenvalue weighted by molar-refractivity contribution is -0.125. The first kappa shape index (κ1) is 15.3. The molecule has 0 heterocycles. The highest BCUT2D eigenvalue weighted by atomic mass is 79.9. The fourth-order valence-electron chi connectivity index (χ4n) is 1.38. The minimum absolute atomic E-state index is 0.123. The van der Waals surface area contributed by atoms with Gasteiger partial charge in [0.2, 0.25) is 0 Å². The van der Waals surface area contributed by atoms with Crippen LogP contribution in [0.4, 0.5) is 13.2 Å². The van der Waals surface area contributed by atoms with Crippen LogP contribution in [0.25, 0.3) is 0 Å². The number of ether oxygens (including phenoxy) is 1. The van der Waals surface area contributed by atoms with E-state index < -0.39 is 12.7 Å². The first-order valence-electron chi connectivity index (χ1n) is 5.61. The fourth-order valence-corrected chi connectivity index (χ4v) is 1.79. The second-order valence-corrected chi connectivity index (χ2v) is 4.73. The van der Waals surface area contributed by atoms with E-state index in [1.54, 1.807) is 18.2 Å². The van der Waals surface area contributed by atoms with E-state index in [2.05, 4.69) is 21.2 Å². The van der Waals surface area contributed by atoms with Crippen molar-refractivity contribution < 1.29 is 17.9 Å². The van der Waals surface area contributed by atoms with E-state index in [4.69, 9.17) is 4.74 Å². The third-order valence-electron chi connectivity index (χ3n) is 2.13. The highest BCUT2D eigenvalue weighted by molar-refractivity contribution is 9.10. The Morgan fingerprint density at radius 2 is 2.06 bits per heavy atom. The minimum Gasteiger partial charge on any atom is -0.493 e. The van der Waals surface area contributed by atoms with Gasteiger partial charge in [-0.25, -0.2) is 0 Å². The molecular weight excluding hydrogens is 311 g/mol. The molecule has 0 aliphatic rings. The van der Waals surface area contributed by atoms with Crippen LogP contribution in [0.2, 0.25) is 0 Å². The van der Waals surface area contributed by atoms with Crippen LogP contribution in [0.15, 0.2) is 22.7 Å². The van der Waals surface area contributed by atoms with Crippen LogP contribution in [-0.2, 0) is 6.54 Å². The minimum atomic E-state index is -4.20. The average Bonchev–Trinajstić information content (AvgIpc) is 2.26. The molecule has 0 bridgehead atoms. The molecular formula is C12H15BrF3NO. The van der Waals surface area contributed by atoms with Gasteiger partial charge in [0, 0.05) is 16.6 Å². The van der Waals surface area contributed by atoms with Crippen LogP contribution < -0.4 is 10.1 Å². The second kappa shape index (κ2) is 6.99. The molecule has 1 rings (SSSR count).